The summed E-state index contributed by atoms with van der Waals surface area (Å²) in [6.45, 7) is 1.92. The van der Waals surface area contributed by atoms with E-state index < -0.39 is 0 Å². The molecule has 0 aliphatic carbocycles. The molecular weight excluding hydrogens is 280 g/mol. The van der Waals surface area contributed by atoms with Crippen LogP contribution in [0.5, 0.6) is 5.75 Å². The predicted molar refractivity (Wildman–Crippen MR) is 61.4 cm³/mol. The number of aromatic hydroxyl groups is 1. The van der Waals surface area contributed by atoms with Gasteiger partial charge in [-0.1, -0.05) is 19.1 Å². The first-order valence-electron chi connectivity index (χ1n) is 4.62. The van der Waals surface area contributed by atoms with Gasteiger partial charge in [-0.3, -0.25) is 0 Å². The summed E-state index contributed by atoms with van der Waals surface area (Å²) >= 11 is 0. The molecule has 0 unspecified atom stereocenters. The first-order valence-corrected chi connectivity index (χ1v) is 4.62. The van der Waals surface area contributed by atoms with Crippen LogP contribution in [0.2, 0.25) is 0 Å². The fraction of sp³-hybridized carbons (Fsp3) is 0.154. The maximum absolute atomic E-state index is 13.4. The van der Waals surface area contributed by atoms with Gasteiger partial charge in [-0.15, -0.1) is 0 Å². The molecule has 0 bridgehead atoms. The normalized spacial score (nSPS) is 9.38. The Labute approximate surface area is 121 Å². The standard InChI is InChI=1S/C12H11FO.CH3.Y/c1-2-10-11-5-4-9(14)7-8(11)3-6-12(10)13;;/h3-7,14H,2H2,1H3;1H3;/q;-1;. The Morgan fingerprint density at radius 2 is 1.88 bits per heavy atom. The van der Waals surface area contributed by atoms with Crippen molar-refractivity contribution in [1.29, 1.82) is 0 Å². The van der Waals surface area contributed by atoms with Crippen molar-refractivity contribution >= 4 is 10.8 Å². The minimum atomic E-state index is -0.175. The second-order valence-electron chi connectivity index (χ2n) is 3.28. The van der Waals surface area contributed by atoms with Gasteiger partial charge in [-0.25, -0.2) is 4.39 Å². The van der Waals surface area contributed by atoms with Gasteiger partial charge in [0.25, 0.3) is 0 Å². The molecule has 1 N–H and O–H groups in total. The molecule has 83 valence electrons. The average molecular weight is 294 g/mol. The Hall–Kier alpha value is -0.466. The maximum Gasteiger partial charge on any atom is 0.127 e. The average Bonchev–Trinajstić information content (AvgIpc) is 2.18. The molecule has 0 heterocycles. The van der Waals surface area contributed by atoms with E-state index >= 15 is 0 Å². The molecule has 0 saturated carbocycles. The van der Waals surface area contributed by atoms with Crippen LogP contribution in [0.15, 0.2) is 30.3 Å². The van der Waals surface area contributed by atoms with Crippen LogP contribution in [0.25, 0.3) is 10.8 Å². The van der Waals surface area contributed by atoms with Gasteiger partial charge >= 0.3 is 0 Å². The molecule has 1 nitrogen and oxygen atoms in total. The van der Waals surface area contributed by atoms with Crippen LogP contribution in [0.1, 0.15) is 12.5 Å². The molecule has 0 aromatic heterocycles. The van der Waals surface area contributed by atoms with Crippen LogP contribution < -0.4 is 0 Å². The zero-order chi connectivity index (χ0) is 10.1. The van der Waals surface area contributed by atoms with Crippen LogP contribution in [0, 0.1) is 13.2 Å². The Morgan fingerprint density at radius 1 is 1.19 bits per heavy atom. The SMILES string of the molecule is CCc1c(F)ccc2cc(O)ccc12.[CH3-].[Y]. The van der Waals surface area contributed by atoms with Crippen molar-refractivity contribution in [2.45, 2.75) is 13.3 Å². The molecule has 0 saturated heterocycles. The first-order chi connectivity index (χ1) is 6.72. The molecular formula is C13H14FOY-. The molecule has 3 heteroatoms. The third kappa shape index (κ3) is 2.80. The number of hydrogen-bond acceptors (Lipinski definition) is 1. The van der Waals surface area contributed by atoms with Gasteiger partial charge in [0, 0.05) is 32.7 Å². The molecule has 2 aromatic carbocycles. The molecule has 0 fully saturated rings. The van der Waals surface area contributed by atoms with Crippen molar-refractivity contribution in [3.8, 4) is 5.75 Å². The summed E-state index contributed by atoms with van der Waals surface area (Å²) in [5, 5.41) is 11.0. The quantitative estimate of drug-likeness (QED) is 0.795. The molecule has 0 amide bonds. The van der Waals surface area contributed by atoms with Gasteiger partial charge in [0.05, 0.1) is 0 Å². The van der Waals surface area contributed by atoms with Crippen molar-refractivity contribution in [3.05, 3.63) is 49.1 Å². The molecule has 16 heavy (non-hydrogen) atoms. The predicted octanol–water partition coefficient (Wildman–Crippen LogP) is 3.69. The van der Waals surface area contributed by atoms with Gasteiger partial charge in [-0.2, -0.15) is 0 Å². The van der Waals surface area contributed by atoms with Crippen molar-refractivity contribution in [2.75, 3.05) is 0 Å². The molecule has 2 aromatic rings. The fourth-order valence-electron chi connectivity index (χ4n) is 1.71. The molecule has 1 radical (unpaired) electrons. The Bertz CT molecular complexity index is 483. The van der Waals surface area contributed by atoms with Crippen molar-refractivity contribution in [3.63, 3.8) is 0 Å². The van der Waals surface area contributed by atoms with E-state index in [1.807, 2.05) is 6.92 Å². The summed E-state index contributed by atoms with van der Waals surface area (Å²) in [5.41, 5.74) is 0.711. The minimum absolute atomic E-state index is 0. The van der Waals surface area contributed by atoms with Gasteiger partial charge in [-0.05, 0) is 41.0 Å². The van der Waals surface area contributed by atoms with E-state index in [4.69, 9.17) is 0 Å². The summed E-state index contributed by atoms with van der Waals surface area (Å²) in [7, 11) is 0. The number of phenols is 1. The number of fused-ring (bicyclic) bond motifs is 1. The minimum Gasteiger partial charge on any atom is -0.508 e. The zero-order valence-corrected chi connectivity index (χ0v) is 12.3. The summed E-state index contributed by atoms with van der Waals surface area (Å²) < 4.78 is 13.4. The molecule has 0 atom stereocenters. The van der Waals surface area contributed by atoms with E-state index in [9.17, 15) is 9.50 Å². The van der Waals surface area contributed by atoms with Gasteiger partial charge < -0.3 is 12.5 Å². The monoisotopic (exact) mass is 294 g/mol. The van der Waals surface area contributed by atoms with Crippen LogP contribution in [0.3, 0.4) is 0 Å². The van der Waals surface area contributed by atoms with E-state index in [1.54, 1.807) is 24.3 Å². The summed E-state index contributed by atoms with van der Waals surface area (Å²) in [5.74, 6) is 0.0388. The summed E-state index contributed by atoms with van der Waals surface area (Å²) in [4.78, 5) is 0. The van der Waals surface area contributed by atoms with E-state index in [-0.39, 0.29) is 51.7 Å². The second kappa shape index (κ2) is 6.31. The Kier molecular flexibility index (Phi) is 6.13. The van der Waals surface area contributed by atoms with Crippen LogP contribution in [-0.4, -0.2) is 5.11 Å². The Balaban J connectivity index is 0.00000112. The van der Waals surface area contributed by atoms with E-state index in [1.165, 1.54) is 6.07 Å². The summed E-state index contributed by atoms with van der Waals surface area (Å²) in [6.07, 6.45) is 0.661. The number of rotatable bonds is 1. The smallest absolute Gasteiger partial charge is 0.127 e. The van der Waals surface area contributed by atoms with Gasteiger partial charge in [0.1, 0.15) is 11.6 Å². The number of phenolic OH excluding ortho intramolecular Hbond substituents is 1. The van der Waals surface area contributed by atoms with Crippen LogP contribution >= 0.6 is 0 Å². The Morgan fingerprint density at radius 3 is 2.50 bits per heavy atom. The summed E-state index contributed by atoms with van der Waals surface area (Å²) in [6, 6.07) is 8.12. The van der Waals surface area contributed by atoms with Crippen LogP contribution in [0.4, 0.5) is 4.39 Å². The number of halogens is 1. The molecule has 2 rings (SSSR count). The number of benzene rings is 2. The second-order valence-corrected chi connectivity index (χ2v) is 3.28. The largest absolute Gasteiger partial charge is 0.508 e. The maximum atomic E-state index is 13.4. The van der Waals surface area contributed by atoms with Gasteiger partial charge in [0.2, 0.25) is 0 Å². The van der Waals surface area contributed by atoms with Gasteiger partial charge in [0.15, 0.2) is 0 Å². The third-order valence-electron chi connectivity index (χ3n) is 2.41. The van der Waals surface area contributed by atoms with E-state index in [0.29, 0.717) is 12.0 Å². The zero-order valence-electron chi connectivity index (χ0n) is 9.50. The molecule has 0 aliphatic rings. The van der Waals surface area contributed by atoms with Crippen molar-refractivity contribution in [2.24, 2.45) is 0 Å². The number of hydrogen-bond donors (Lipinski definition) is 1. The first kappa shape index (κ1) is 15.5. The molecule has 0 aliphatic heterocycles. The van der Waals surface area contributed by atoms with Crippen molar-refractivity contribution < 1.29 is 42.2 Å². The topological polar surface area (TPSA) is 20.2 Å². The van der Waals surface area contributed by atoms with Crippen LogP contribution in [-0.2, 0) is 39.1 Å². The third-order valence-corrected chi connectivity index (χ3v) is 2.41. The fourth-order valence-corrected chi connectivity index (χ4v) is 1.71. The van der Waals surface area contributed by atoms with E-state index in [0.717, 1.165) is 10.8 Å². The molecule has 0 spiro atoms. The van der Waals surface area contributed by atoms with Crippen molar-refractivity contribution in [1.82, 2.24) is 0 Å². The number of aryl methyl sites for hydroxylation is 1. The van der Waals surface area contributed by atoms with E-state index in [2.05, 4.69) is 0 Å².